The minimum atomic E-state index is 0.730. The van der Waals surface area contributed by atoms with Gasteiger partial charge in [0.25, 0.3) is 0 Å². The second kappa shape index (κ2) is 5.16. The SMILES string of the molecule is CCC1CC(C(C)C)CCN1C(C)C. The Morgan fingerprint density at radius 3 is 2.29 bits per heavy atom. The van der Waals surface area contributed by atoms with Gasteiger partial charge in [0.2, 0.25) is 0 Å². The highest BCUT2D eigenvalue weighted by atomic mass is 15.2. The van der Waals surface area contributed by atoms with Gasteiger partial charge in [0, 0.05) is 12.1 Å². The lowest BCUT2D eigenvalue weighted by Gasteiger charge is -2.42. The van der Waals surface area contributed by atoms with E-state index in [9.17, 15) is 0 Å². The molecule has 2 atom stereocenters. The Morgan fingerprint density at radius 2 is 1.86 bits per heavy atom. The van der Waals surface area contributed by atoms with Crippen LogP contribution in [0.15, 0.2) is 0 Å². The largest absolute Gasteiger partial charge is 0.298 e. The topological polar surface area (TPSA) is 3.24 Å². The van der Waals surface area contributed by atoms with Crippen LogP contribution in [-0.2, 0) is 0 Å². The summed E-state index contributed by atoms with van der Waals surface area (Å²) in [4.78, 5) is 2.69. The molecule has 1 aliphatic rings. The van der Waals surface area contributed by atoms with E-state index in [4.69, 9.17) is 0 Å². The van der Waals surface area contributed by atoms with Gasteiger partial charge in [-0.3, -0.25) is 4.90 Å². The molecular formula is C13H27N. The Labute approximate surface area is 89.9 Å². The van der Waals surface area contributed by atoms with E-state index in [2.05, 4.69) is 39.5 Å². The number of nitrogens with zero attached hydrogens (tertiary/aromatic N) is 1. The van der Waals surface area contributed by atoms with Crippen molar-refractivity contribution >= 4 is 0 Å². The number of piperidine rings is 1. The summed E-state index contributed by atoms with van der Waals surface area (Å²) in [5.41, 5.74) is 0. The molecule has 0 aliphatic carbocycles. The lowest BCUT2D eigenvalue weighted by atomic mass is 9.82. The van der Waals surface area contributed by atoms with Crippen molar-refractivity contribution in [1.82, 2.24) is 4.90 Å². The Morgan fingerprint density at radius 1 is 1.21 bits per heavy atom. The van der Waals surface area contributed by atoms with Gasteiger partial charge in [-0.05, 0) is 51.5 Å². The summed E-state index contributed by atoms with van der Waals surface area (Å²) >= 11 is 0. The van der Waals surface area contributed by atoms with Gasteiger partial charge in [-0.2, -0.15) is 0 Å². The quantitative estimate of drug-likeness (QED) is 0.669. The Bertz CT molecular complexity index is 163. The molecule has 0 amide bonds. The van der Waals surface area contributed by atoms with Gasteiger partial charge in [0.05, 0.1) is 0 Å². The van der Waals surface area contributed by atoms with Crippen molar-refractivity contribution in [2.45, 2.75) is 66.0 Å². The number of rotatable bonds is 3. The van der Waals surface area contributed by atoms with E-state index >= 15 is 0 Å². The zero-order chi connectivity index (χ0) is 10.7. The average Bonchev–Trinajstić information content (AvgIpc) is 2.16. The van der Waals surface area contributed by atoms with Crippen LogP contribution in [0, 0.1) is 11.8 Å². The van der Waals surface area contributed by atoms with Crippen LogP contribution < -0.4 is 0 Å². The smallest absolute Gasteiger partial charge is 0.00980 e. The molecule has 1 fully saturated rings. The van der Waals surface area contributed by atoms with Gasteiger partial charge >= 0.3 is 0 Å². The van der Waals surface area contributed by atoms with Gasteiger partial charge < -0.3 is 0 Å². The van der Waals surface area contributed by atoms with E-state index in [1.807, 2.05) is 0 Å². The standard InChI is InChI=1S/C13H27N/c1-6-13-9-12(10(2)3)7-8-14(13)11(4)5/h10-13H,6-9H2,1-5H3. The van der Waals surface area contributed by atoms with Crippen molar-refractivity contribution in [2.75, 3.05) is 6.54 Å². The fourth-order valence-corrected chi connectivity index (χ4v) is 2.79. The number of hydrogen-bond acceptors (Lipinski definition) is 1. The van der Waals surface area contributed by atoms with Gasteiger partial charge in [-0.25, -0.2) is 0 Å². The van der Waals surface area contributed by atoms with E-state index in [0.29, 0.717) is 0 Å². The highest BCUT2D eigenvalue weighted by molar-refractivity contribution is 4.83. The maximum Gasteiger partial charge on any atom is 0.00980 e. The summed E-state index contributed by atoms with van der Waals surface area (Å²) in [6, 6.07) is 1.57. The van der Waals surface area contributed by atoms with Crippen molar-refractivity contribution < 1.29 is 0 Å². The minimum Gasteiger partial charge on any atom is -0.298 e. The molecule has 0 aromatic carbocycles. The van der Waals surface area contributed by atoms with Crippen LogP contribution in [0.2, 0.25) is 0 Å². The van der Waals surface area contributed by atoms with Crippen LogP contribution in [-0.4, -0.2) is 23.5 Å². The maximum absolute atomic E-state index is 2.69. The first-order chi connectivity index (χ1) is 6.56. The molecule has 1 aliphatic heterocycles. The molecule has 1 nitrogen and oxygen atoms in total. The Hall–Kier alpha value is -0.0400. The molecule has 0 N–H and O–H groups in total. The summed E-state index contributed by atoms with van der Waals surface area (Å²) in [5, 5.41) is 0. The predicted molar refractivity (Wildman–Crippen MR) is 63.5 cm³/mol. The second-order valence-corrected chi connectivity index (χ2v) is 5.42. The van der Waals surface area contributed by atoms with Crippen molar-refractivity contribution in [3.05, 3.63) is 0 Å². The lowest BCUT2D eigenvalue weighted by molar-refractivity contribution is 0.0642. The van der Waals surface area contributed by atoms with Gasteiger partial charge in [-0.1, -0.05) is 20.8 Å². The first-order valence-corrected chi connectivity index (χ1v) is 6.32. The maximum atomic E-state index is 2.69. The average molecular weight is 197 g/mol. The lowest BCUT2D eigenvalue weighted by Crippen LogP contribution is -2.46. The molecule has 1 heterocycles. The normalized spacial score (nSPS) is 30.2. The summed E-state index contributed by atoms with van der Waals surface area (Å²) in [6.07, 6.45) is 4.15. The van der Waals surface area contributed by atoms with E-state index in [1.165, 1.54) is 25.8 Å². The fourth-order valence-electron chi connectivity index (χ4n) is 2.79. The van der Waals surface area contributed by atoms with Crippen LogP contribution in [0.3, 0.4) is 0 Å². The van der Waals surface area contributed by atoms with Crippen molar-refractivity contribution in [3.8, 4) is 0 Å². The van der Waals surface area contributed by atoms with E-state index in [-0.39, 0.29) is 0 Å². The van der Waals surface area contributed by atoms with E-state index in [1.54, 1.807) is 0 Å². The third-order valence-corrected chi connectivity index (χ3v) is 3.88. The highest BCUT2D eigenvalue weighted by Crippen LogP contribution is 2.30. The Balaban J connectivity index is 2.54. The van der Waals surface area contributed by atoms with Crippen molar-refractivity contribution in [3.63, 3.8) is 0 Å². The number of hydrogen-bond donors (Lipinski definition) is 0. The molecule has 0 bridgehead atoms. The van der Waals surface area contributed by atoms with E-state index in [0.717, 1.165) is 23.9 Å². The summed E-state index contributed by atoms with van der Waals surface area (Å²) in [5.74, 6) is 1.84. The molecule has 1 heteroatoms. The molecule has 0 spiro atoms. The summed E-state index contributed by atoms with van der Waals surface area (Å²) in [7, 11) is 0. The summed E-state index contributed by atoms with van der Waals surface area (Å²) in [6.45, 7) is 13.1. The van der Waals surface area contributed by atoms with Crippen LogP contribution in [0.1, 0.15) is 53.9 Å². The predicted octanol–water partition coefficient (Wildman–Crippen LogP) is 3.54. The van der Waals surface area contributed by atoms with Crippen LogP contribution >= 0.6 is 0 Å². The zero-order valence-corrected chi connectivity index (χ0v) is 10.6. The molecule has 0 aromatic heterocycles. The van der Waals surface area contributed by atoms with Gasteiger partial charge in [-0.15, -0.1) is 0 Å². The van der Waals surface area contributed by atoms with Crippen molar-refractivity contribution in [2.24, 2.45) is 11.8 Å². The third kappa shape index (κ3) is 2.73. The van der Waals surface area contributed by atoms with Crippen LogP contribution in [0.5, 0.6) is 0 Å². The monoisotopic (exact) mass is 197 g/mol. The second-order valence-electron chi connectivity index (χ2n) is 5.42. The Kier molecular flexibility index (Phi) is 4.43. The van der Waals surface area contributed by atoms with E-state index < -0.39 is 0 Å². The van der Waals surface area contributed by atoms with Crippen molar-refractivity contribution in [1.29, 1.82) is 0 Å². The first-order valence-electron chi connectivity index (χ1n) is 6.32. The van der Waals surface area contributed by atoms with Gasteiger partial charge in [0.15, 0.2) is 0 Å². The highest BCUT2D eigenvalue weighted by Gasteiger charge is 2.29. The molecule has 1 rings (SSSR count). The molecule has 0 radical (unpaired) electrons. The van der Waals surface area contributed by atoms with Gasteiger partial charge in [0.1, 0.15) is 0 Å². The molecule has 2 unspecified atom stereocenters. The first kappa shape index (κ1) is 12.0. The minimum absolute atomic E-state index is 0.730. The molecule has 1 saturated heterocycles. The molecular weight excluding hydrogens is 170 g/mol. The third-order valence-electron chi connectivity index (χ3n) is 3.88. The zero-order valence-electron chi connectivity index (χ0n) is 10.6. The molecule has 14 heavy (non-hydrogen) atoms. The summed E-state index contributed by atoms with van der Waals surface area (Å²) < 4.78 is 0. The molecule has 0 saturated carbocycles. The number of likely N-dealkylation sites (tertiary alicyclic amines) is 1. The molecule has 84 valence electrons. The fraction of sp³-hybridized carbons (Fsp3) is 1.00. The van der Waals surface area contributed by atoms with Crippen LogP contribution in [0.4, 0.5) is 0 Å². The molecule has 0 aromatic rings. The van der Waals surface area contributed by atoms with Crippen LogP contribution in [0.25, 0.3) is 0 Å².